The molecule has 1 aliphatic carbocycles. The number of amides is 1. The molecule has 1 fully saturated rings. The average molecular weight is 333 g/mol. The van der Waals surface area contributed by atoms with Crippen LogP contribution in [0.4, 0.5) is 4.39 Å². The normalized spacial score (nSPS) is 20.9. The molecule has 2 aromatic rings. The molecule has 2 N–H and O–H groups in total. The monoisotopic (exact) mass is 333 g/mol. The van der Waals surface area contributed by atoms with Crippen molar-refractivity contribution in [2.24, 2.45) is 11.8 Å². The van der Waals surface area contributed by atoms with Gasteiger partial charge in [-0.2, -0.15) is 4.98 Å². The van der Waals surface area contributed by atoms with Crippen LogP contribution in [0.15, 0.2) is 28.8 Å². The topological polar surface area (TPSA) is 105 Å². The molecule has 126 valence electrons. The lowest BCUT2D eigenvalue weighted by atomic mass is 9.73. The van der Waals surface area contributed by atoms with Crippen LogP contribution in [0.5, 0.6) is 0 Å². The van der Waals surface area contributed by atoms with Gasteiger partial charge in [-0.3, -0.25) is 9.59 Å². The van der Waals surface area contributed by atoms with E-state index in [1.807, 2.05) is 0 Å². The molecule has 1 aromatic heterocycles. The summed E-state index contributed by atoms with van der Waals surface area (Å²) in [4.78, 5) is 27.3. The Hall–Kier alpha value is -2.77. The molecule has 3 unspecified atom stereocenters. The Balaban J connectivity index is 1.67. The molecule has 0 spiro atoms. The molecule has 1 aromatic carbocycles. The SMILES string of the molecule is CC(NC(=O)C1CCC1C(=O)O)c1nc(-c2cccc(F)c2)no1. The molecule has 0 bridgehead atoms. The van der Waals surface area contributed by atoms with E-state index in [2.05, 4.69) is 15.5 Å². The minimum absolute atomic E-state index is 0.175. The second-order valence-corrected chi connectivity index (χ2v) is 5.83. The van der Waals surface area contributed by atoms with E-state index in [0.29, 0.717) is 18.4 Å². The summed E-state index contributed by atoms with van der Waals surface area (Å²) in [5.74, 6) is -2.48. The molecule has 1 saturated carbocycles. The third-order valence-electron chi connectivity index (χ3n) is 4.18. The predicted molar refractivity (Wildman–Crippen MR) is 80.1 cm³/mol. The smallest absolute Gasteiger partial charge is 0.307 e. The fourth-order valence-electron chi connectivity index (χ4n) is 2.65. The predicted octanol–water partition coefficient (Wildman–Crippen LogP) is 2.16. The summed E-state index contributed by atoms with van der Waals surface area (Å²) in [6.45, 7) is 1.66. The van der Waals surface area contributed by atoms with E-state index < -0.39 is 29.7 Å². The van der Waals surface area contributed by atoms with Gasteiger partial charge in [-0.25, -0.2) is 4.39 Å². The van der Waals surface area contributed by atoms with Gasteiger partial charge in [-0.1, -0.05) is 17.3 Å². The lowest BCUT2D eigenvalue weighted by molar-refractivity contribution is -0.153. The molecule has 1 amide bonds. The zero-order valence-electron chi connectivity index (χ0n) is 12.9. The molecular formula is C16H16FN3O4. The standard InChI is InChI=1S/C16H16FN3O4/c1-8(18-14(21)11-5-6-12(11)16(22)23)15-19-13(20-24-15)9-3-2-4-10(17)7-9/h2-4,7-8,11-12H,5-6H2,1H3,(H,18,21)(H,22,23). The van der Waals surface area contributed by atoms with Crippen LogP contribution in [-0.2, 0) is 9.59 Å². The lowest BCUT2D eigenvalue weighted by Crippen LogP contribution is -2.44. The molecule has 1 heterocycles. The van der Waals surface area contributed by atoms with Gasteiger partial charge in [0.05, 0.1) is 11.8 Å². The molecule has 8 heteroatoms. The van der Waals surface area contributed by atoms with Crippen molar-refractivity contribution >= 4 is 11.9 Å². The van der Waals surface area contributed by atoms with Crippen LogP contribution in [0.2, 0.25) is 0 Å². The van der Waals surface area contributed by atoms with E-state index in [9.17, 15) is 14.0 Å². The van der Waals surface area contributed by atoms with E-state index in [0.717, 1.165) is 0 Å². The van der Waals surface area contributed by atoms with Gasteiger partial charge in [-0.05, 0) is 31.9 Å². The van der Waals surface area contributed by atoms with Gasteiger partial charge in [0.1, 0.15) is 11.9 Å². The number of rotatable bonds is 5. The zero-order valence-corrected chi connectivity index (χ0v) is 12.9. The van der Waals surface area contributed by atoms with E-state index in [-0.39, 0.29) is 17.6 Å². The molecule has 0 radical (unpaired) electrons. The van der Waals surface area contributed by atoms with Gasteiger partial charge in [-0.15, -0.1) is 0 Å². The Bertz CT molecular complexity index is 776. The number of carbonyl (C=O) groups is 2. The molecule has 3 atom stereocenters. The van der Waals surface area contributed by atoms with Crippen LogP contribution in [0.1, 0.15) is 31.7 Å². The number of hydrogen-bond donors (Lipinski definition) is 2. The van der Waals surface area contributed by atoms with Gasteiger partial charge < -0.3 is 14.9 Å². The molecule has 1 aliphatic rings. The van der Waals surface area contributed by atoms with Crippen molar-refractivity contribution in [1.29, 1.82) is 0 Å². The fourth-order valence-corrected chi connectivity index (χ4v) is 2.65. The summed E-state index contributed by atoms with van der Waals surface area (Å²) >= 11 is 0. The van der Waals surface area contributed by atoms with Crippen LogP contribution in [0, 0.1) is 17.7 Å². The number of nitrogens with one attached hydrogen (secondary N) is 1. The van der Waals surface area contributed by atoms with Gasteiger partial charge in [0.15, 0.2) is 0 Å². The number of carboxylic acids is 1. The molecule has 0 aliphatic heterocycles. The fraction of sp³-hybridized carbons (Fsp3) is 0.375. The number of nitrogens with zero attached hydrogens (tertiary/aromatic N) is 2. The number of carbonyl (C=O) groups excluding carboxylic acids is 1. The van der Waals surface area contributed by atoms with Crippen molar-refractivity contribution in [2.75, 3.05) is 0 Å². The quantitative estimate of drug-likeness (QED) is 0.869. The number of aromatic nitrogens is 2. The summed E-state index contributed by atoms with van der Waals surface area (Å²) in [6, 6.07) is 5.21. The Kier molecular flexibility index (Phi) is 4.28. The van der Waals surface area contributed by atoms with E-state index in [1.54, 1.807) is 13.0 Å². The first-order chi connectivity index (χ1) is 11.5. The summed E-state index contributed by atoms with van der Waals surface area (Å²) in [5, 5.41) is 15.5. The highest BCUT2D eigenvalue weighted by molar-refractivity contribution is 5.86. The summed E-state index contributed by atoms with van der Waals surface area (Å²) in [7, 11) is 0. The van der Waals surface area contributed by atoms with Gasteiger partial charge >= 0.3 is 5.97 Å². The van der Waals surface area contributed by atoms with Crippen LogP contribution in [0.25, 0.3) is 11.4 Å². The van der Waals surface area contributed by atoms with Gasteiger partial charge in [0, 0.05) is 5.56 Å². The lowest BCUT2D eigenvalue weighted by Gasteiger charge is -2.32. The maximum atomic E-state index is 13.2. The number of hydrogen-bond acceptors (Lipinski definition) is 5. The number of benzene rings is 1. The van der Waals surface area contributed by atoms with Crippen molar-refractivity contribution in [3.05, 3.63) is 36.0 Å². The van der Waals surface area contributed by atoms with Crippen LogP contribution in [0.3, 0.4) is 0 Å². The van der Waals surface area contributed by atoms with Crippen molar-refractivity contribution in [3.8, 4) is 11.4 Å². The second kappa shape index (κ2) is 6.38. The summed E-state index contributed by atoms with van der Waals surface area (Å²) in [6.07, 6.45) is 1.06. The van der Waals surface area contributed by atoms with Crippen LogP contribution in [-0.4, -0.2) is 27.1 Å². The highest BCUT2D eigenvalue weighted by atomic mass is 19.1. The maximum absolute atomic E-state index is 13.2. The molecule has 0 saturated heterocycles. The molecule has 3 rings (SSSR count). The van der Waals surface area contributed by atoms with Crippen LogP contribution >= 0.6 is 0 Å². The first-order valence-corrected chi connectivity index (χ1v) is 7.58. The Labute approximate surface area is 136 Å². The first kappa shape index (κ1) is 16.1. The third-order valence-corrected chi connectivity index (χ3v) is 4.18. The zero-order chi connectivity index (χ0) is 17.3. The van der Waals surface area contributed by atoms with E-state index >= 15 is 0 Å². The molecule has 24 heavy (non-hydrogen) atoms. The van der Waals surface area contributed by atoms with E-state index in [4.69, 9.17) is 9.63 Å². The summed E-state index contributed by atoms with van der Waals surface area (Å²) < 4.78 is 18.3. The number of aliphatic carboxylic acids is 1. The van der Waals surface area contributed by atoms with Crippen molar-refractivity contribution in [2.45, 2.75) is 25.8 Å². The van der Waals surface area contributed by atoms with Crippen molar-refractivity contribution in [3.63, 3.8) is 0 Å². The van der Waals surface area contributed by atoms with Crippen molar-refractivity contribution < 1.29 is 23.6 Å². The van der Waals surface area contributed by atoms with Gasteiger partial charge in [0.2, 0.25) is 17.6 Å². The molecular weight excluding hydrogens is 317 g/mol. The van der Waals surface area contributed by atoms with Crippen LogP contribution < -0.4 is 5.32 Å². The second-order valence-electron chi connectivity index (χ2n) is 5.83. The third kappa shape index (κ3) is 3.12. The first-order valence-electron chi connectivity index (χ1n) is 7.58. The van der Waals surface area contributed by atoms with E-state index in [1.165, 1.54) is 18.2 Å². The minimum atomic E-state index is -0.958. The molecule has 7 nitrogen and oxygen atoms in total. The van der Waals surface area contributed by atoms with Gasteiger partial charge in [0.25, 0.3) is 0 Å². The number of carboxylic acid groups (broad SMARTS) is 1. The largest absolute Gasteiger partial charge is 0.481 e. The Morgan fingerprint density at radius 3 is 2.75 bits per heavy atom. The highest BCUT2D eigenvalue weighted by Crippen LogP contribution is 2.35. The Morgan fingerprint density at radius 1 is 1.38 bits per heavy atom. The van der Waals surface area contributed by atoms with Crippen molar-refractivity contribution in [1.82, 2.24) is 15.5 Å². The maximum Gasteiger partial charge on any atom is 0.307 e. The minimum Gasteiger partial charge on any atom is -0.481 e. The summed E-state index contributed by atoms with van der Waals surface area (Å²) in [5.41, 5.74) is 0.466. The Morgan fingerprint density at radius 2 is 2.12 bits per heavy atom. The number of halogens is 1. The highest BCUT2D eigenvalue weighted by Gasteiger charge is 2.41. The average Bonchev–Trinajstić information content (AvgIpc) is 2.95.